The van der Waals surface area contributed by atoms with E-state index in [4.69, 9.17) is 9.47 Å². The quantitative estimate of drug-likeness (QED) is 0.560. The van der Waals surface area contributed by atoms with Crippen molar-refractivity contribution in [2.45, 2.75) is 18.7 Å². The molecule has 2 nitrogen and oxygen atoms in total. The van der Waals surface area contributed by atoms with Gasteiger partial charge in [-0.05, 0) is 13.0 Å². The van der Waals surface area contributed by atoms with Crippen LogP contribution < -0.4 is 4.74 Å². The lowest BCUT2D eigenvalue weighted by atomic mass is 10.2. The van der Waals surface area contributed by atoms with E-state index in [2.05, 4.69) is 22.0 Å². The van der Waals surface area contributed by atoms with E-state index in [0.29, 0.717) is 6.61 Å². The summed E-state index contributed by atoms with van der Waals surface area (Å²) in [5.41, 5.74) is 1.19. The highest BCUT2D eigenvalue weighted by atomic mass is 79.9. The Morgan fingerprint density at radius 1 is 1.20 bits per heavy atom. The molecule has 0 aliphatic carbocycles. The minimum Gasteiger partial charge on any atom is -0.493 e. The van der Waals surface area contributed by atoms with Gasteiger partial charge in [-0.3, -0.25) is 0 Å². The molecule has 0 radical (unpaired) electrons. The fourth-order valence-electron chi connectivity index (χ4n) is 1.24. The Kier molecular flexibility index (Phi) is 6.44. The SMILES string of the molecule is CCOCCCOc1ccccc1CBr. The second-order valence-corrected chi connectivity index (χ2v) is 3.70. The fourth-order valence-corrected chi connectivity index (χ4v) is 1.71. The first-order valence-electron chi connectivity index (χ1n) is 5.23. The number of benzene rings is 1. The van der Waals surface area contributed by atoms with Crippen LogP contribution in [0, 0.1) is 0 Å². The van der Waals surface area contributed by atoms with Crippen molar-refractivity contribution in [1.82, 2.24) is 0 Å². The Hall–Kier alpha value is -0.540. The van der Waals surface area contributed by atoms with Crippen LogP contribution in [0.25, 0.3) is 0 Å². The van der Waals surface area contributed by atoms with Crippen molar-refractivity contribution in [3.05, 3.63) is 29.8 Å². The van der Waals surface area contributed by atoms with Crippen molar-refractivity contribution in [3.63, 3.8) is 0 Å². The van der Waals surface area contributed by atoms with Crippen molar-refractivity contribution in [2.75, 3.05) is 19.8 Å². The Balaban J connectivity index is 2.30. The number of hydrogen-bond acceptors (Lipinski definition) is 2. The summed E-state index contributed by atoms with van der Waals surface area (Å²) >= 11 is 3.44. The normalized spacial score (nSPS) is 10.3. The van der Waals surface area contributed by atoms with Crippen LogP contribution in [0.4, 0.5) is 0 Å². The maximum absolute atomic E-state index is 5.66. The zero-order chi connectivity index (χ0) is 10.9. The van der Waals surface area contributed by atoms with E-state index in [0.717, 1.165) is 30.7 Å². The fraction of sp³-hybridized carbons (Fsp3) is 0.500. The zero-order valence-corrected chi connectivity index (χ0v) is 10.6. The topological polar surface area (TPSA) is 18.5 Å². The van der Waals surface area contributed by atoms with Crippen molar-refractivity contribution in [3.8, 4) is 5.75 Å². The van der Waals surface area contributed by atoms with E-state index < -0.39 is 0 Å². The van der Waals surface area contributed by atoms with Gasteiger partial charge in [0.15, 0.2) is 0 Å². The summed E-state index contributed by atoms with van der Waals surface area (Å²) in [5.74, 6) is 0.964. The summed E-state index contributed by atoms with van der Waals surface area (Å²) in [6, 6.07) is 8.07. The molecule has 0 fully saturated rings. The second-order valence-electron chi connectivity index (χ2n) is 3.14. The van der Waals surface area contributed by atoms with Gasteiger partial charge in [-0.1, -0.05) is 34.1 Å². The smallest absolute Gasteiger partial charge is 0.123 e. The molecule has 0 saturated carbocycles. The van der Waals surface area contributed by atoms with Crippen molar-refractivity contribution < 1.29 is 9.47 Å². The van der Waals surface area contributed by atoms with Gasteiger partial charge in [-0.15, -0.1) is 0 Å². The molecule has 0 spiro atoms. The lowest BCUT2D eigenvalue weighted by Gasteiger charge is -2.09. The lowest BCUT2D eigenvalue weighted by Crippen LogP contribution is -2.03. The third-order valence-electron chi connectivity index (χ3n) is 2.01. The van der Waals surface area contributed by atoms with E-state index >= 15 is 0 Å². The molecule has 0 unspecified atom stereocenters. The summed E-state index contributed by atoms with van der Waals surface area (Å²) in [7, 11) is 0. The van der Waals surface area contributed by atoms with Crippen LogP contribution in [0.5, 0.6) is 5.75 Å². The van der Waals surface area contributed by atoms with Crippen LogP contribution in [0.1, 0.15) is 18.9 Å². The Labute approximate surface area is 99.7 Å². The molecule has 1 aromatic rings. The van der Waals surface area contributed by atoms with E-state index in [1.165, 1.54) is 5.56 Å². The summed E-state index contributed by atoms with van der Waals surface area (Å²) in [4.78, 5) is 0. The van der Waals surface area contributed by atoms with Crippen molar-refractivity contribution in [2.24, 2.45) is 0 Å². The van der Waals surface area contributed by atoms with E-state index in [-0.39, 0.29) is 0 Å². The summed E-state index contributed by atoms with van der Waals surface area (Å²) in [5, 5.41) is 0.828. The molecule has 15 heavy (non-hydrogen) atoms. The van der Waals surface area contributed by atoms with Gasteiger partial charge in [0.05, 0.1) is 6.61 Å². The Bertz CT molecular complexity index is 276. The monoisotopic (exact) mass is 272 g/mol. The molecule has 84 valence electrons. The lowest BCUT2D eigenvalue weighted by molar-refractivity contribution is 0.130. The number of para-hydroxylation sites is 1. The molecule has 0 aliphatic heterocycles. The minimum atomic E-state index is 0.712. The van der Waals surface area contributed by atoms with Gasteiger partial charge in [-0.25, -0.2) is 0 Å². The molecule has 0 bridgehead atoms. The number of hydrogen-bond donors (Lipinski definition) is 0. The van der Waals surface area contributed by atoms with Crippen LogP contribution in [-0.2, 0) is 10.1 Å². The first kappa shape index (κ1) is 12.5. The van der Waals surface area contributed by atoms with Crippen LogP contribution in [-0.4, -0.2) is 19.8 Å². The maximum atomic E-state index is 5.66. The molecule has 3 heteroatoms. The van der Waals surface area contributed by atoms with Gasteiger partial charge in [0.1, 0.15) is 5.75 Å². The van der Waals surface area contributed by atoms with Crippen LogP contribution in [0.15, 0.2) is 24.3 Å². The molecule has 1 rings (SSSR count). The standard InChI is InChI=1S/C12H17BrO2/c1-2-14-8-5-9-15-12-7-4-3-6-11(12)10-13/h3-4,6-7H,2,5,8-10H2,1H3. The van der Waals surface area contributed by atoms with Crippen molar-refractivity contribution in [1.29, 1.82) is 0 Å². The van der Waals surface area contributed by atoms with Gasteiger partial charge in [0.2, 0.25) is 0 Å². The Morgan fingerprint density at radius 3 is 2.73 bits per heavy atom. The Morgan fingerprint density at radius 2 is 2.00 bits per heavy atom. The zero-order valence-electron chi connectivity index (χ0n) is 9.04. The number of ether oxygens (including phenoxy) is 2. The van der Waals surface area contributed by atoms with Gasteiger partial charge in [0.25, 0.3) is 0 Å². The molecule has 0 aromatic heterocycles. The van der Waals surface area contributed by atoms with Gasteiger partial charge >= 0.3 is 0 Å². The molecule has 0 heterocycles. The molecule has 1 aromatic carbocycles. The average molecular weight is 273 g/mol. The summed E-state index contributed by atoms with van der Waals surface area (Å²) in [6.07, 6.45) is 0.935. The highest BCUT2D eigenvalue weighted by molar-refractivity contribution is 9.08. The van der Waals surface area contributed by atoms with Crippen LogP contribution in [0.2, 0.25) is 0 Å². The van der Waals surface area contributed by atoms with E-state index in [1.54, 1.807) is 0 Å². The summed E-state index contributed by atoms with van der Waals surface area (Å²) < 4.78 is 10.9. The highest BCUT2D eigenvalue weighted by Crippen LogP contribution is 2.20. The second kappa shape index (κ2) is 7.71. The highest BCUT2D eigenvalue weighted by Gasteiger charge is 2.00. The molecule has 0 aliphatic rings. The molecule has 0 atom stereocenters. The van der Waals surface area contributed by atoms with Gasteiger partial charge < -0.3 is 9.47 Å². The predicted molar refractivity (Wildman–Crippen MR) is 65.7 cm³/mol. The van der Waals surface area contributed by atoms with Crippen LogP contribution >= 0.6 is 15.9 Å². The largest absolute Gasteiger partial charge is 0.493 e. The number of alkyl halides is 1. The molecular formula is C12H17BrO2. The van der Waals surface area contributed by atoms with Crippen molar-refractivity contribution >= 4 is 15.9 Å². The molecular weight excluding hydrogens is 256 g/mol. The third kappa shape index (κ3) is 4.67. The average Bonchev–Trinajstić information content (AvgIpc) is 2.29. The number of rotatable bonds is 7. The van der Waals surface area contributed by atoms with Gasteiger partial charge in [0, 0.05) is 30.5 Å². The first-order valence-corrected chi connectivity index (χ1v) is 6.35. The first-order chi connectivity index (χ1) is 7.38. The maximum Gasteiger partial charge on any atom is 0.123 e. The summed E-state index contributed by atoms with van der Waals surface area (Å²) in [6.45, 7) is 4.26. The van der Waals surface area contributed by atoms with E-state index in [1.807, 2.05) is 25.1 Å². The number of halogens is 1. The van der Waals surface area contributed by atoms with Crippen LogP contribution in [0.3, 0.4) is 0 Å². The molecule has 0 N–H and O–H groups in total. The predicted octanol–water partition coefficient (Wildman–Crippen LogP) is 3.39. The molecule has 0 saturated heterocycles. The minimum absolute atomic E-state index is 0.712. The van der Waals surface area contributed by atoms with E-state index in [9.17, 15) is 0 Å². The van der Waals surface area contributed by atoms with Gasteiger partial charge in [-0.2, -0.15) is 0 Å². The third-order valence-corrected chi connectivity index (χ3v) is 2.62. The molecule has 0 amide bonds.